The molecule has 2 heteroatoms. The number of rotatable bonds is 3. The van der Waals surface area contributed by atoms with Crippen molar-refractivity contribution in [1.29, 1.82) is 0 Å². The predicted octanol–water partition coefficient (Wildman–Crippen LogP) is 2.76. The molecule has 0 aromatic carbocycles. The average molecular weight is 227 g/mol. The lowest BCUT2D eigenvalue weighted by Crippen LogP contribution is -2.42. The van der Waals surface area contributed by atoms with E-state index in [0.717, 1.165) is 25.6 Å². The summed E-state index contributed by atoms with van der Waals surface area (Å²) in [6.45, 7) is 14.4. The first-order chi connectivity index (χ1) is 7.30. The van der Waals surface area contributed by atoms with E-state index in [-0.39, 0.29) is 6.10 Å². The minimum Gasteiger partial charge on any atom is -0.392 e. The van der Waals surface area contributed by atoms with Gasteiger partial charge in [0.2, 0.25) is 0 Å². The van der Waals surface area contributed by atoms with Crippen molar-refractivity contribution in [3.05, 3.63) is 0 Å². The Hall–Kier alpha value is -0.0800. The van der Waals surface area contributed by atoms with Crippen LogP contribution in [0.15, 0.2) is 0 Å². The smallest absolute Gasteiger partial charge is 0.0689 e. The van der Waals surface area contributed by atoms with Crippen LogP contribution in [0.4, 0.5) is 0 Å². The molecular formula is C14H29NO. The van der Waals surface area contributed by atoms with Gasteiger partial charge >= 0.3 is 0 Å². The van der Waals surface area contributed by atoms with Crippen LogP contribution in [0.3, 0.4) is 0 Å². The van der Waals surface area contributed by atoms with Gasteiger partial charge in [-0.2, -0.15) is 0 Å². The highest BCUT2D eigenvalue weighted by atomic mass is 16.3. The zero-order chi connectivity index (χ0) is 12.3. The molecule has 0 amide bonds. The number of aliphatic hydroxyl groups excluding tert-OH is 1. The van der Waals surface area contributed by atoms with Gasteiger partial charge in [-0.1, -0.05) is 34.6 Å². The highest BCUT2D eigenvalue weighted by molar-refractivity contribution is 4.81. The standard InChI is InChI=1S/C14H29NO/c1-11(2)13(16)10-15-8-6-12(7-9-15)14(3,4)5/h11-13,16H,6-10H2,1-5H3. The number of likely N-dealkylation sites (tertiary alicyclic amines) is 1. The molecule has 1 atom stereocenters. The van der Waals surface area contributed by atoms with E-state index in [1.54, 1.807) is 0 Å². The van der Waals surface area contributed by atoms with Crippen molar-refractivity contribution in [2.45, 2.75) is 53.6 Å². The molecule has 1 saturated heterocycles. The zero-order valence-corrected chi connectivity index (χ0v) is 11.7. The summed E-state index contributed by atoms with van der Waals surface area (Å²) in [4.78, 5) is 2.42. The number of hydrogen-bond donors (Lipinski definition) is 1. The Morgan fingerprint density at radius 3 is 2.06 bits per heavy atom. The highest BCUT2D eigenvalue weighted by Crippen LogP contribution is 2.34. The molecule has 1 rings (SSSR count). The van der Waals surface area contributed by atoms with E-state index < -0.39 is 0 Å². The number of aliphatic hydroxyl groups is 1. The number of piperidine rings is 1. The minimum absolute atomic E-state index is 0.161. The largest absolute Gasteiger partial charge is 0.392 e. The van der Waals surface area contributed by atoms with E-state index in [1.165, 1.54) is 12.8 Å². The fraction of sp³-hybridized carbons (Fsp3) is 1.00. The van der Waals surface area contributed by atoms with Gasteiger partial charge in [-0.25, -0.2) is 0 Å². The van der Waals surface area contributed by atoms with E-state index in [0.29, 0.717) is 11.3 Å². The molecule has 0 aromatic heterocycles. The highest BCUT2D eigenvalue weighted by Gasteiger charge is 2.29. The Bertz CT molecular complexity index is 199. The summed E-state index contributed by atoms with van der Waals surface area (Å²) in [5, 5.41) is 9.86. The molecule has 2 nitrogen and oxygen atoms in total. The summed E-state index contributed by atoms with van der Waals surface area (Å²) in [6.07, 6.45) is 2.41. The number of nitrogens with zero attached hydrogens (tertiary/aromatic N) is 1. The van der Waals surface area contributed by atoms with E-state index in [1.807, 2.05) is 0 Å². The monoisotopic (exact) mass is 227 g/mol. The Morgan fingerprint density at radius 2 is 1.69 bits per heavy atom. The third-order valence-electron chi connectivity index (χ3n) is 4.03. The van der Waals surface area contributed by atoms with Gasteiger partial charge in [-0.15, -0.1) is 0 Å². The second kappa shape index (κ2) is 5.50. The van der Waals surface area contributed by atoms with Crippen LogP contribution in [0.5, 0.6) is 0 Å². The first-order valence-electron chi connectivity index (χ1n) is 6.71. The molecular weight excluding hydrogens is 198 g/mol. The number of hydrogen-bond acceptors (Lipinski definition) is 2. The molecule has 1 aliphatic heterocycles. The molecule has 1 N–H and O–H groups in total. The molecule has 0 aliphatic carbocycles. The summed E-state index contributed by atoms with van der Waals surface area (Å²) >= 11 is 0. The van der Waals surface area contributed by atoms with Crippen LogP contribution < -0.4 is 0 Å². The maximum atomic E-state index is 9.86. The first-order valence-corrected chi connectivity index (χ1v) is 6.71. The summed E-state index contributed by atoms with van der Waals surface area (Å²) in [6, 6.07) is 0. The fourth-order valence-corrected chi connectivity index (χ4v) is 2.46. The van der Waals surface area contributed by atoms with Crippen molar-refractivity contribution in [2.24, 2.45) is 17.3 Å². The maximum Gasteiger partial charge on any atom is 0.0689 e. The van der Waals surface area contributed by atoms with Gasteiger partial charge < -0.3 is 10.0 Å². The van der Waals surface area contributed by atoms with Crippen molar-refractivity contribution < 1.29 is 5.11 Å². The Kier molecular flexibility index (Phi) is 4.81. The van der Waals surface area contributed by atoms with Crippen molar-refractivity contribution >= 4 is 0 Å². The van der Waals surface area contributed by atoms with E-state index in [9.17, 15) is 5.11 Å². The summed E-state index contributed by atoms with van der Waals surface area (Å²) in [5.74, 6) is 1.22. The third kappa shape index (κ3) is 4.06. The summed E-state index contributed by atoms with van der Waals surface area (Å²) in [7, 11) is 0. The predicted molar refractivity (Wildman–Crippen MR) is 69.5 cm³/mol. The van der Waals surface area contributed by atoms with Crippen molar-refractivity contribution in [1.82, 2.24) is 4.90 Å². The fourth-order valence-electron chi connectivity index (χ4n) is 2.46. The molecule has 1 unspecified atom stereocenters. The minimum atomic E-state index is -0.161. The van der Waals surface area contributed by atoms with Crippen LogP contribution in [-0.4, -0.2) is 35.7 Å². The lowest BCUT2D eigenvalue weighted by Gasteiger charge is -2.39. The first kappa shape index (κ1) is 14.0. The van der Waals surface area contributed by atoms with Crippen LogP contribution >= 0.6 is 0 Å². The normalized spacial score (nSPS) is 22.7. The Balaban J connectivity index is 2.32. The van der Waals surface area contributed by atoms with Gasteiger partial charge in [0.05, 0.1) is 6.10 Å². The average Bonchev–Trinajstić information content (AvgIpc) is 2.17. The van der Waals surface area contributed by atoms with Gasteiger partial charge in [0, 0.05) is 6.54 Å². The molecule has 16 heavy (non-hydrogen) atoms. The van der Waals surface area contributed by atoms with Gasteiger partial charge in [0.25, 0.3) is 0 Å². The van der Waals surface area contributed by atoms with Gasteiger partial charge in [0.1, 0.15) is 0 Å². The van der Waals surface area contributed by atoms with Crippen LogP contribution in [0, 0.1) is 17.3 Å². The molecule has 1 fully saturated rings. The van der Waals surface area contributed by atoms with E-state index >= 15 is 0 Å². The van der Waals surface area contributed by atoms with Gasteiger partial charge in [-0.05, 0) is 43.2 Å². The van der Waals surface area contributed by atoms with Crippen LogP contribution in [-0.2, 0) is 0 Å². The molecule has 0 saturated carbocycles. The molecule has 1 heterocycles. The quantitative estimate of drug-likeness (QED) is 0.801. The van der Waals surface area contributed by atoms with E-state index in [4.69, 9.17) is 0 Å². The van der Waals surface area contributed by atoms with Crippen molar-refractivity contribution in [3.8, 4) is 0 Å². The molecule has 0 aromatic rings. The Morgan fingerprint density at radius 1 is 1.19 bits per heavy atom. The Labute approximate surface area is 101 Å². The van der Waals surface area contributed by atoms with Crippen LogP contribution in [0.2, 0.25) is 0 Å². The molecule has 0 bridgehead atoms. The lowest BCUT2D eigenvalue weighted by atomic mass is 9.75. The van der Waals surface area contributed by atoms with Crippen molar-refractivity contribution in [2.75, 3.05) is 19.6 Å². The second-order valence-corrected chi connectivity index (χ2v) is 6.75. The molecule has 0 radical (unpaired) electrons. The topological polar surface area (TPSA) is 23.5 Å². The van der Waals surface area contributed by atoms with E-state index in [2.05, 4.69) is 39.5 Å². The molecule has 96 valence electrons. The van der Waals surface area contributed by atoms with Gasteiger partial charge in [-0.3, -0.25) is 0 Å². The van der Waals surface area contributed by atoms with Crippen LogP contribution in [0.25, 0.3) is 0 Å². The van der Waals surface area contributed by atoms with Crippen molar-refractivity contribution in [3.63, 3.8) is 0 Å². The lowest BCUT2D eigenvalue weighted by molar-refractivity contribution is 0.0453. The molecule has 0 spiro atoms. The molecule has 1 aliphatic rings. The SMILES string of the molecule is CC(C)C(O)CN1CCC(C(C)(C)C)CC1. The van der Waals surface area contributed by atoms with Crippen LogP contribution in [0.1, 0.15) is 47.5 Å². The summed E-state index contributed by atoms with van der Waals surface area (Å²) in [5.41, 5.74) is 0.447. The number of β-amino-alcohol motifs (C(OH)–C–C–N with tert-alkyl or cyclic N) is 1. The van der Waals surface area contributed by atoms with Gasteiger partial charge in [0.15, 0.2) is 0 Å². The zero-order valence-electron chi connectivity index (χ0n) is 11.7. The third-order valence-corrected chi connectivity index (χ3v) is 4.03. The second-order valence-electron chi connectivity index (χ2n) is 6.75. The summed E-state index contributed by atoms with van der Waals surface area (Å²) < 4.78 is 0. The maximum absolute atomic E-state index is 9.86.